The number of alkyl halides is 3. The Hall–Kier alpha value is -2.66. The van der Waals surface area contributed by atoms with Gasteiger partial charge >= 0.3 is 12.2 Å². The first kappa shape index (κ1) is 23.5. The summed E-state index contributed by atoms with van der Waals surface area (Å²) in [5, 5.41) is 2.88. The predicted molar refractivity (Wildman–Crippen MR) is 120 cm³/mol. The van der Waals surface area contributed by atoms with Gasteiger partial charge in [0.25, 0.3) is 0 Å². The number of likely N-dealkylation sites (tertiary alicyclic amines) is 1. The molecule has 3 heterocycles. The Kier molecular flexibility index (Phi) is 7.18. The summed E-state index contributed by atoms with van der Waals surface area (Å²) in [6.45, 7) is 7.82. The van der Waals surface area contributed by atoms with Crippen molar-refractivity contribution in [3.05, 3.63) is 29.8 Å². The molecule has 2 fully saturated rings. The molecule has 0 atom stereocenters. The Labute approximate surface area is 191 Å². The number of anilines is 3. The summed E-state index contributed by atoms with van der Waals surface area (Å²) >= 11 is 0. The van der Waals surface area contributed by atoms with E-state index in [1.165, 1.54) is 18.9 Å². The normalized spacial score (nSPS) is 19.0. The van der Waals surface area contributed by atoms with Gasteiger partial charge < -0.3 is 19.9 Å². The van der Waals surface area contributed by atoms with Crippen LogP contribution in [0.3, 0.4) is 0 Å². The second-order valence-corrected chi connectivity index (χ2v) is 8.44. The van der Waals surface area contributed by atoms with E-state index in [1.54, 1.807) is 6.07 Å². The second-order valence-electron chi connectivity index (χ2n) is 8.44. The largest absolute Gasteiger partial charge is 0.464 e. The first-order valence-electron chi connectivity index (χ1n) is 11.3. The van der Waals surface area contributed by atoms with Crippen LogP contribution in [-0.2, 0) is 6.18 Å². The molecule has 0 bridgehead atoms. The number of aromatic nitrogens is 3. The average molecular weight is 466 g/mol. The van der Waals surface area contributed by atoms with Gasteiger partial charge in [0.1, 0.15) is 0 Å². The molecule has 8 nitrogen and oxygen atoms in total. The fourth-order valence-corrected chi connectivity index (χ4v) is 4.29. The fraction of sp³-hybridized carbons (Fsp3) is 0.591. The van der Waals surface area contributed by atoms with Crippen molar-refractivity contribution in [2.75, 3.05) is 63.1 Å². The van der Waals surface area contributed by atoms with Crippen molar-refractivity contribution in [2.45, 2.75) is 32.0 Å². The van der Waals surface area contributed by atoms with Crippen molar-refractivity contribution in [1.29, 1.82) is 0 Å². The smallest absolute Gasteiger partial charge is 0.416 e. The highest BCUT2D eigenvalue weighted by Crippen LogP contribution is 2.31. The number of rotatable bonds is 6. The maximum atomic E-state index is 13.1. The van der Waals surface area contributed by atoms with Crippen LogP contribution in [0.15, 0.2) is 24.3 Å². The Bertz CT molecular complexity index is 926. The summed E-state index contributed by atoms with van der Waals surface area (Å²) in [4.78, 5) is 20.1. The van der Waals surface area contributed by atoms with Crippen molar-refractivity contribution < 1.29 is 17.9 Å². The van der Waals surface area contributed by atoms with Crippen LogP contribution in [0.4, 0.5) is 30.8 Å². The molecule has 2 aliphatic heterocycles. The lowest BCUT2D eigenvalue weighted by Gasteiger charge is -2.42. The summed E-state index contributed by atoms with van der Waals surface area (Å²) < 4.78 is 44.7. The van der Waals surface area contributed by atoms with Crippen LogP contribution in [0.5, 0.6) is 6.01 Å². The number of halogens is 3. The van der Waals surface area contributed by atoms with E-state index < -0.39 is 11.7 Å². The molecule has 4 rings (SSSR count). The molecule has 1 N–H and O–H groups in total. The van der Waals surface area contributed by atoms with Crippen LogP contribution < -0.4 is 15.0 Å². The zero-order valence-electron chi connectivity index (χ0n) is 19.0. The Morgan fingerprint density at radius 3 is 2.42 bits per heavy atom. The molecule has 0 spiro atoms. The number of nitrogens with one attached hydrogen (secondary N) is 1. The maximum absolute atomic E-state index is 13.1. The highest BCUT2D eigenvalue weighted by Gasteiger charge is 2.31. The minimum Gasteiger partial charge on any atom is -0.464 e. The highest BCUT2D eigenvalue weighted by atomic mass is 19.4. The lowest BCUT2D eigenvalue weighted by molar-refractivity contribution is -0.137. The predicted octanol–water partition coefficient (Wildman–Crippen LogP) is 3.25. The summed E-state index contributed by atoms with van der Waals surface area (Å²) in [5.41, 5.74) is -0.492. The Morgan fingerprint density at radius 2 is 1.76 bits per heavy atom. The monoisotopic (exact) mass is 465 g/mol. The van der Waals surface area contributed by atoms with Gasteiger partial charge in [-0.05, 0) is 58.1 Å². The molecule has 2 aromatic rings. The fourth-order valence-electron chi connectivity index (χ4n) is 4.29. The first-order chi connectivity index (χ1) is 15.8. The molecule has 11 heteroatoms. The molecule has 0 aliphatic carbocycles. The van der Waals surface area contributed by atoms with Gasteiger partial charge in [-0.1, -0.05) is 6.07 Å². The maximum Gasteiger partial charge on any atom is 0.416 e. The van der Waals surface area contributed by atoms with Gasteiger partial charge in [0.05, 0.1) is 12.2 Å². The number of piperazine rings is 1. The lowest BCUT2D eigenvalue weighted by Crippen LogP contribution is -2.53. The number of hydrogen-bond acceptors (Lipinski definition) is 8. The molecule has 33 heavy (non-hydrogen) atoms. The van der Waals surface area contributed by atoms with E-state index in [1.807, 2.05) is 6.92 Å². The van der Waals surface area contributed by atoms with E-state index in [0.29, 0.717) is 18.6 Å². The molecular formula is C22H30F3N7O. The summed E-state index contributed by atoms with van der Waals surface area (Å²) in [6, 6.07) is 5.70. The Morgan fingerprint density at radius 1 is 1.03 bits per heavy atom. The van der Waals surface area contributed by atoms with Gasteiger partial charge in [-0.25, -0.2) is 0 Å². The summed E-state index contributed by atoms with van der Waals surface area (Å²) in [7, 11) is 2.16. The third-order valence-corrected chi connectivity index (χ3v) is 6.12. The SMILES string of the molecule is CCOc1nc(Nc2cccc(C(F)(F)F)c2)nc(N2CCN(C3CCN(C)CC3)CC2)n1. The highest BCUT2D eigenvalue weighted by molar-refractivity contribution is 5.56. The molecule has 0 unspecified atom stereocenters. The molecule has 2 saturated heterocycles. The quantitative estimate of drug-likeness (QED) is 0.698. The van der Waals surface area contributed by atoms with Crippen LogP contribution in [0.1, 0.15) is 25.3 Å². The van der Waals surface area contributed by atoms with Gasteiger partial charge in [0, 0.05) is 37.9 Å². The van der Waals surface area contributed by atoms with E-state index in [4.69, 9.17) is 4.74 Å². The molecule has 1 aromatic heterocycles. The molecular weight excluding hydrogens is 435 g/mol. The van der Waals surface area contributed by atoms with Crippen molar-refractivity contribution in [3.8, 4) is 6.01 Å². The lowest BCUT2D eigenvalue weighted by atomic mass is 10.0. The topological polar surface area (TPSA) is 69.7 Å². The Balaban J connectivity index is 1.47. The zero-order chi connectivity index (χ0) is 23.4. The second kappa shape index (κ2) is 10.1. The standard InChI is InChI=1S/C22H30F3N7O/c1-3-33-21-28-19(26-17-6-4-5-16(15-17)22(23,24)25)27-20(29-21)32-13-11-31(12-14-32)18-7-9-30(2)10-8-18/h4-6,15,18H,3,7-14H2,1-2H3,(H,26,27,28,29). The van der Waals surface area contributed by atoms with E-state index in [9.17, 15) is 13.2 Å². The van der Waals surface area contributed by atoms with Crippen molar-refractivity contribution in [2.24, 2.45) is 0 Å². The number of benzene rings is 1. The van der Waals surface area contributed by atoms with Crippen molar-refractivity contribution in [3.63, 3.8) is 0 Å². The van der Waals surface area contributed by atoms with Gasteiger partial charge in [-0.15, -0.1) is 0 Å². The van der Waals surface area contributed by atoms with Gasteiger partial charge in [0.2, 0.25) is 11.9 Å². The van der Waals surface area contributed by atoms with Crippen LogP contribution in [0, 0.1) is 0 Å². The molecule has 2 aliphatic rings. The number of piperidine rings is 1. The third kappa shape index (κ3) is 6.02. The van der Waals surface area contributed by atoms with E-state index in [2.05, 4.69) is 42.0 Å². The third-order valence-electron chi connectivity index (χ3n) is 6.12. The molecule has 0 saturated carbocycles. The van der Waals surface area contributed by atoms with Crippen LogP contribution in [0.2, 0.25) is 0 Å². The van der Waals surface area contributed by atoms with E-state index in [-0.39, 0.29) is 17.6 Å². The number of hydrogen-bond donors (Lipinski definition) is 1. The van der Waals surface area contributed by atoms with Crippen molar-refractivity contribution in [1.82, 2.24) is 24.8 Å². The van der Waals surface area contributed by atoms with Gasteiger partial charge in [-0.2, -0.15) is 28.1 Å². The van der Waals surface area contributed by atoms with E-state index >= 15 is 0 Å². The van der Waals surface area contributed by atoms with Crippen molar-refractivity contribution >= 4 is 17.6 Å². The zero-order valence-corrected chi connectivity index (χ0v) is 19.0. The van der Waals surface area contributed by atoms with Crippen LogP contribution in [-0.4, -0.2) is 83.7 Å². The summed E-state index contributed by atoms with van der Waals surface area (Å²) in [6.07, 6.45) is -2.06. The number of ether oxygens (including phenoxy) is 1. The van der Waals surface area contributed by atoms with Gasteiger partial charge in [0.15, 0.2) is 0 Å². The molecule has 180 valence electrons. The van der Waals surface area contributed by atoms with Crippen LogP contribution in [0.25, 0.3) is 0 Å². The first-order valence-corrected chi connectivity index (χ1v) is 11.3. The summed E-state index contributed by atoms with van der Waals surface area (Å²) in [5.74, 6) is 0.617. The van der Waals surface area contributed by atoms with E-state index in [0.717, 1.165) is 51.4 Å². The number of nitrogens with zero attached hydrogens (tertiary/aromatic N) is 6. The minimum absolute atomic E-state index is 0.148. The molecule has 1 aromatic carbocycles. The molecule has 0 radical (unpaired) electrons. The average Bonchev–Trinajstić information content (AvgIpc) is 2.79. The van der Waals surface area contributed by atoms with Gasteiger partial charge in [-0.3, -0.25) is 4.90 Å². The van der Waals surface area contributed by atoms with Crippen LogP contribution >= 0.6 is 0 Å². The minimum atomic E-state index is -4.42. The molecule has 0 amide bonds.